The molecule has 2 heterocycles. The molecule has 28 heavy (non-hydrogen) atoms. The van der Waals surface area contributed by atoms with Gasteiger partial charge in [0.15, 0.2) is 0 Å². The molecule has 0 aliphatic carbocycles. The Hall–Kier alpha value is -3.08. The Morgan fingerprint density at radius 1 is 1.36 bits per heavy atom. The minimum Gasteiger partial charge on any atom is -0.383 e. The van der Waals surface area contributed by atoms with E-state index >= 15 is 0 Å². The number of amides is 1. The van der Waals surface area contributed by atoms with Crippen molar-refractivity contribution < 1.29 is 9.53 Å². The lowest BCUT2D eigenvalue weighted by molar-refractivity contribution is 0.100. The van der Waals surface area contributed by atoms with Crippen LogP contribution in [0, 0.1) is 0 Å². The van der Waals surface area contributed by atoms with E-state index in [4.69, 9.17) is 16.2 Å². The Balaban J connectivity index is 1.82. The van der Waals surface area contributed by atoms with E-state index in [9.17, 15) is 4.79 Å². The molecule has 0 aliphatic rings. The number of anilines is 3. The number of hydrogen-bond acceptors (Lipinski definition) is 9. The number of primary amides is 1. The standard InChI is InChI=1S/C18H21N7O2S/c1-27-10-12(19)8-22-18-23-9-14(15(20)26)16(25-18)24-13-4-2-3-11(7-13)17-21-5-6-28-17/h2-7,9,12H,8,10,19H2,1H3,(H2,20,26)(H2,22,23,24,25)/t12-/m1/s1. The minimum absolute atomic E-state index is 0.186. The molecular weight excluding hydrogens is 378 g/mol. The maximum atomic E-state index is 11.8. The van der Waals surface area contributed by atoms with E-state index in [0.717, 1.165) is 16.3 Å². The Morgan fingerprint density at radius 3 is 2.93 bits per heavy atom. The fraction of sp³-hybridized carbons (Fsp3) is 0.222. The van der Waals surface area contributed by atoms with Gasteiger partial charge < -0.3 is 26.8 Å². The first-order valence-electron chi connectivity index (χ1n) is 8.49. The van der Waals surface area contributed by atoms with Crippen LogP contribution in [0.2, 0.25) is 0 Å². The number of benzene rings is 1. The highest BCUT2D eigenvalue weighted by Gasteiger charge is 2.14. The molecule has 3 aromatic rings. The van der Waals surface area contributed by atoms with Gasteiger partial charge in [0.05, 0.1) is 6.61 Å². The molecule has 3 rings (SSSR count). The molecule has 9 nitrogen and oxygen atoms in total. The Bertz CT molecular complexity index is 933. The van der Waals surface area contributed by atoms with Gasteiger partial charge in [0.25, 0.3) is 5.91 Å². The largest absolute Gasteiger partial charge is 0.383 e. The number of rotatable bonds is 9. The molecule has 0 radical (unpaired) electrons. The van der Waals surface area contributed by atoms with Gasteiger partial charge in [-0.15, -0.1) is 11.3 Å². The number of thiazole rings is 1. The molecule has 6 N–H and O–H groups in total. The van der Waals surface area contributed by atoms with Crippen LogP contribution in [-0.4, -0.2) is 47.2 Å². The summed E-state index contributed by atoms with van der Waals surface area (Å²) < 4.78 is 5.00. The molecule has 0 spiro atoms. The zero-order valence-corrected chi connectivity index (χ0v) is 16.1. The average molecular weight is 399 g/mol. The number of methoxy groups -OCH3 is 1. The number of nitrogens with zero attached hydrogens (tertiary/aromatic N) is 3. The fourth-order valence-corrected chi connectivity index (χ4v) is 3.11. The summed E-state index contributed by atoms with van der Waals surface area (Å²) >= 11 is 1.54. The van der Waals surface area contributed by atoms with Crippen molar-refractivity contribution in [2.45, 2.75) is 6.04 Å². The van der Waals surface area contributed by atoms with Crippen LogP contribution in [-0.2, 0) is 4.74 Å². The lowest BCUT2D eigenvalue weighted by Crippen LogP contribution is -2.33. The maximum absolute atomic E-state index is 11.8. The molecule has 0 unspecified atom stereocenters. The van der Waals surface area contributed by atoms with Crippen molar-refractivity contribution in [2.24, 2.45) is 11.5 Å². The second-order valence-electron chi connectivity index (χ2n) is 5.96. The number of carbonyl (C=O) groups is 1. The van der Waals surface area contributed by atoms with Crippen LogP contribution in [0.1, 0.15) is 10.4 Å². The summed E-state index contributed by atoms with van der Waals surface area (Å²) in [5.41, 5.74) is 13.2. The molecule has 1 atom stereocenters. The lowest BCUT2D eigenvalue weighted by atomic mass is 10.2. The number of ether oxygens (including phenoxy) is 1. The van der Waals surface area contributed by atoms with E-state index < -0.39 is 5.91 Å². The zero-order chi connectivity index (χ0) is 19.9. The number of hydrogen-bond donors (Lipinski definition) is 4. The minimum atomic E-state index is -0.624. The summed E-state index contributed by atoms with van der Waals surface area (Å²) in [6.07, 6.45) is 3.13. The van der Waals surface area contributed by atoms with Crippen molar-refractivity contribution in [3.63, 3.8) is 0 Å². The van der Waals surface area contributed by atoms with Gasteiger partial charge >= 0.3 is 0 Å². The van der Waals surface area contributed by atoms with Crippen molar-refractivity contribution >= 4 is 34.7 Å². The van der Waals surface area contributed by atoms with E-state index in [1.165, 1.54) is 6.20 Å². The van der Waals surface area contributed by atoms with Gasteiger partial charge in [-0.25, -0.2) is 9.97 Å². The maximum Gasteiger partial charge on any atom is 0.254 e. The summed E-state index contributed by atoms with van der Waals surface area (Å²) in [5, 5.41) is 8.98. The van der Waals surface area contributed by atoms with Crippen LogP contribution in [0.25, 0.3) is 10.6 Å². The van der Waals surface area contributed by atoms with Crippen molar-refractivity contribution in [3.05, 3.63) is 47.6 Å². The van der Waals surface area contributed by atoms with Gasteiger partial charge in [-0.2, -0.15) is 4.98 Å². The van der Waals surface area contributed by atoms with E-state index in [2.05, 4.69) is 25.6 Å². The van der Waals surface area contributed by atoms with Crippen LogP contribution in [0.15, 0.2) is 42.0 Å². The second-order valence-corrected chi connectivity index (χ2v) is 6.85. The third kappa shape index (κ3) is 5.00. The highest BCUT2D eigenvalue weighted by molar-refractivity contribution is 7.13. The molecule has 146 valence electrons. The van der Waals surface area contributed by atoms with Gasteiger partial charge in [0.1, 0.15) is 16.4 Å². The highest BCUT2D eigenvalue weighted by atomic mass is 32.1. The van der Waals surface area contributed by atoms with Crippen molar-refractivity contribution in [1.29, 1.82) is 0 Å². The molecule has 2 aromatic heterocycles. The smallest absolute Gasteiger partial charge is 0.254 e. The van der Waals surface area contributed by atoms with Crippen LogP contribution < -0.4 is 22.1 Å². The topological polar surface area (TPSA) is 141 Å². The Kier molecular flexibility index (Phi) is 6.48. The van der Waals surface area contributed by atoms with Crippen molar-refractivity contribution in [1.82, 2.24) is 15.0 Å². The van der Waals surface area contributed by atoms with Gasteiger partial charge in [-0.3, -0.25) is 4.79 Å². The molecule has 0 fully saturated rings. The molecule has 1 aromatic carbocycles. The Morgan fingerprint density at radius 2 is 2.21 bits per heavy atom. The predicted molar refractivity (Wildman–Crippen MR) is 110 cm³/mol. The normalized spacial score (nSPS) is 11.8. The SMILES string of the molecule is COC[C@H](N)CNc1ncc(C(N)=O)c(Nc2cccc(-c3nccs3)c2)n1. The first-order chi connectivity index (χ1) is 13.6. The summed E-state index contributed by atoms with van der Waals surface area (Å²) in [6, 6.07) is 7.44. The van der Waals surface area contributed by atoms with Gasteiger partial charge in [-0.1, -0.05) is 12.1 Å². The monoisotopic (exact) mass is 399 g/mol. The molecule has 0 aliphatic heterocycles. The predicted octanol–water partition coefficient (Wildman–Crippen LogP) is 1.83. The summed E-state index contributed by atoms with van der Waals surface area (Å²) in [7, 11) is 1.58. The quantitative estimate of drug-likeness (QED) is 0.427. The van der Waals surface area contributed by atoms with Crippen molar-refractivity contribution in [3.8, 4) is 10.6 Å². The number of nitrogens with two attached hydrogens (primary N) is 2. The fourth-order valence-electron chi connectivity index (χ4n) is 2.47. The highest BCUT2D eigenvalue weighted by Crippen LogP contribution is 2.26. The molecule has 10 heteroatoms. The van der Waals surface area contributed by atoms with E-state index in [1.807, 2.05) is 29.6 Å². The summed E-state index contributed by atoms with van der Waals surface area (Å²) in [6.45, 7) is 0.823. The summed E-state index contributed by atoms with van der Waals surface area (Å²) in [4.78, 5) is 24.6. The number of aromatic nitrogens is 3. The molecular formula is C18H21N7O2S. The Labute approximate surface area is 166 Å². The first kappa shape index (κ1) is 19.7. The third-order valence-corrected chi connectivity index (χ3v) is 4.58. The van der Waals surface area contributed by atoms with E-state index in [-0.39, 0.29) is 11.6 Å². The van der Waals surface area contributed by atoms with E-state index in [0.29, 0.717) is 24.9 Å². The van der Waals surface area contributed by atoms with Gasteiger partial charge in [-0.05, 0) is 12.1 Å². The molecule has 0 saturated carbocycles. The van der Waals surface area contributed by atoms with E-state index in [1.54, 1.807) is 24.6 Å². The van der Waals surface area contributed by atoms with Crippen LogP contribution in [0.5, 0.6) is 0 Å². The summed E-state index contributed by atoms with van der Waals surface area (Å²) in [5.74, 6) is 0.0120. The third-order valence-electron chi connectivity index (χ3n) is 3.76. The zero-order valence-electron chi connectivity index (χ0n) is 15.3. The van der Waals surface area contributed by atoms with Gasteiger partial charge in [0.2, 0.25) is 5.95 Å². The number of nitrogens with one attached hydrogen (secondary N) is 2. The number of carbonyl (C=O) groups excluding carboxylic acids is 1. The van der Waals surface area contributed by atoms with Crippen molar-refractivity contribution in [2.75, 3.05) is 30.9 Å². The average Bonchev–Trinajstić information content (AvgIpc) is 3.22. The molecule has 0 bridgehead atoms. The lowest BCUT2D eigenvalue weighted by Gasteiger charge is -2.14. The molecule has 0 saturated heterocycles. The van der Waals surface area contributed by atoms with Crippen LogP contribution >= 0.6 is 11.3 Å². The first-order valence-corrected chi connectivity index (χ1v) is 9.37. The second kappa shape index (κ2) is 9.22. The van der Waals surface area contributed by atoms with Crippen LogP contribution in [0.4, 0.5) is 17.5 Å². The van der Waals surface area contributed by atoms with Crippen LogP contribution in [0.3, 0.4) is 0 Å². The van der Waals surface area contributed by atoms with Gasteiger partial charge in [0, 0.05) is 48.7 Å². The molecule has 1 amide bonds.